The summed E-state index contributed by atoms with van der Waals surface area (Å²) in [7, 11) is 0. The summed E-state index contributed by atoms with van der Waals surface area (Å²) in [5.74, 6) is -0.778. The molecule has 0 fully saturated rings. The fourth-order valence-corrected chi connectivity index (χ4v) is 2.61. The maximum atomic E-state index is 12.9. The first-order valence-corrected chi connectivity index (χ1v) is 8.67. The van der Waals surface area contributed by atoms with E-state index in [0.717, 1.165) is 31.4 Å². The lowest BCUT2D eigenvalue weighted by molar-refractivity contribution is -0.137. The van der Waals surface area contributed by atoms with Crippen molar-refractivity contribution in [2.45, 2.75) is 20.0 Å². The van der Waals surface area contributed by atoms with Crippen molar-refractivity contribution in [1.82, 2.24) is 14.5 Å². The number of aromatic amines is 1. The van der Waals surface area contributed by atoms with Crippen molar-refractivity contribution in [2.24, 2.45) is 4.99 Å². The Morgan fingerprint density at radius 2 is 1.93 bits per heavy atom. The largest absolute Gasteiger partial charge is 0.493 e. The lowest BCUT2D eigenvalue weighted by Crippen LogP contribution is -2.31. The lowest BCUT2D eigenvalue weighted by Gasteiger charge is -2.15. The van der Waals surface area contributed by atoms with Crippen LogP contribution in [0.5, 0.6) is 5.88 Å². The first-order valence-electron chi connectivity index (χ1n) is 8.67. The van der Waals surface area contributed by atoms with Crippen LogP contribution in [0.1, 0.15) is 25.0 Å². The summed E-state index contributed by atoms with van der Waals surface area (Å²) in [5, 5.41) is 10.4. The molecule has 7 nitrogen and oxygen atoms in total. The summed E-state index contributed by atoms with van der Waals surface area (Å²) in [6, 6.07) is 3.87. The molecule has 1 aromatic carbocycles. The highest BCUT2D eigenvalue weighted by Crippen LogP contribution is 2.30. The number of alkyl halides is 3. The third kappa shape index (κ3) is 4.89. The van der Waals surface area contributed by atoms with Crippen molar-refractivity contribution >= 4 is 6.21 Å². The van der Waals surface area contributed by atoms with E-state index in [1.807, 2.05) is 18.8 Å². The Hall–Kier alpha value is -2.88. The van der Waals surface area contributed by atoms with Gasteiger partial charge in [0.05, 0.1) is 17.8 Å². The van der Waals surface area contributed by atoms with E-state index < -0.39 is 28.9 Å². The van der Waals surface area contributed by atoms with E-state index in [2.05, 4.69) is 9.89 Å². The summed E-state index contributed by atoms with van der Waals surface area (Å²) < 4.78 is 39.4. The number of likely N-dealkylation sites (N-methyl/N-ethyl adjacent to an activating group) is 1. The number of aromatic nitrogens is 2. The molecule has 2 N–H and O–H groups in total. The van der Waals surface area contributed by atoms with Crippen LogP contribution in [0, 0.1) is 0 Å². The predicted octanol–water partition coefficient (Wildman–Crippen LogP) is 2.01. The normalized spacial score (nSPS) is 12.2. The fourth-order valence-electron chi connectivity index (χ4n) is 2.61. The van der Waals surface area contributed by atoms with Crippen molar-refractivity contribution in [3.05, 3.63) is 56.2 Å². The van der Waals surface area contributed by atoms with Crippen LogP contribution in [0.4, 0.5) is 13.2 Å². The molecular weight excluding hydrogens is 377 g/mol. The van der Waals surface area contributed by atoms with Gasteiger partial charge in [0.25, 0.3) is 5.56 Å². The number of nitrogens with zero attached hydrogens (tertiary/aromatic N) is 3. The lowest BCUT2D eigenvalue weighted by atomic mass is 10.2. The van der Waals surface area contributed by atoms with Gasteiger partial charge >= 0.3 is 11.9 Å². The smallest absolute Gasteiger partial charge is 0.416 e. The summed E-state index contributed by atoms with van der Waals surface area (Å²) in [6.45, 7) is 6.64. The van der Waals surface area contributed by atoms with Crippen LogP contribution in [0.3, 0.4) is 0 Å². The second kappa shape index (κ2) is 8.87. The van der Waals surface area contributed by atoms with Crippen molar-refractivity contribution in [3.63, 3.8) is 0 Å². The molecule has 0 aliphatic carbocycles. The van der Waals surface area contributed by atoms with Gasteiger partial charge in [-0.25, -0.2) is 9.36 Å². The summed E-state index contributed by atoms with van der Waals surface area (Å²) in [6.07, 6.45) is -3.51. The zero-order valence-electron chi connectivity index (χ0n) is 15.5. The molecule has 2 rings (SSSR count). The quantitative estimate of drug-likeness (QED) is 0.698. The van der Waals surface area contributed by atoms with E-state index in [1.54, 1.807) is 0 Å². The number of hydrogen-bond donors (Lipinski definition) is 2. The van der Waals surface area contributed by atoms with Crippen molar-refractivity contribution in [3.8, 4) is 11.6 Å². The van der Waals surface area contributed by atoms with Crippen LogP contribution in [0.25, 0.3) is 5.69 Å². The minimum atomic E-state index is -4.62. The van der Waals surface area contributed by atoms with E-state index in [4.69, 9.17) is 0 Å². The number of aromatic hydroxyl groups is 1. The molecule has 1 aromatic heterocycles. The van der Waals surface area contributed by atoms with Crippen molar-refractivity contribution < 1.29 is 18.3 Å². The van der Waals surface area contributed by atoms with E-state index in [0.29, 0.717) is 23.7 Å². The molecule has 1 heterocycles. The van der Waals surface area contributed by atoms with E-state index >= 15 is 0 Å². The van der Waals surface area contributed by atoms with Crippen LogP contribution < -0.4 is 11.2 Å². The maximum absolute atomic E-state index is 12.9. The molecule has 0 unspecified atom stereocenters. The van der Waals surface area contributed by atoms with E-state index in [9.17, 15) is 27.9 Å². The van der Waals surface area contributed by atoms with E-state index in [-0.39, 0.29) is 11.3 Å². The van der Waals surface area contributed by atoms with Crippen LogP contribution in [-0.4, -0.2) is 52.0 Å². The fraction of sp³-hybridized carbons (Fsp3) is 0.389. The van der Waals surface area contributed by atoms with Crippen molar-refractivity contribution in [2.75, 3.05) is 26.2 Å². The molecule has 2 aromatic rings. The first-order chi connectivity index (χ1) is 13.2. The maximum Gasteiger partial charge on any atom is 0.416 e. The molecule has 0 spiro atoms. The second-order valence-electron chi connectivity index (χ2n) is 5.94. The number of H-pyrrole nitrogens is 1. The van der Waals surface area contributed by atoms with Crippen molar-refractivity contribution in [1.29, 1.82) is 0 Å². The Labute approximate surface area is 158 Å². The average molecular weight is 398 g/mol. The van der Waals surface area contributed by atoms with Crippen LogP contribution >= 0.6 is 0 Å². The zero-order valence-corrected chi connectivity index (χ0v) is 15.5. The van der Waals surface area contributed by atoms with Crippen LogP contribution in [-0.2, 0) is 6.18 Å². The molecule has 28 heavy (non-hydrogen) atoms. The highest BCUT2D eigenvalue weighted by Gasteiger charge is 2.31. The molecule has 0 amide bonds. The molecule has 0 aliphatic heterocycles. The molecule has 0 saturated heterocycles. The van der Waals surface area contributed by atoms with Gasteiger partial charge in [-0.05, 0) is 31.3 Å². The number of nitrogens with one attached hydrogen (secondary N) is 1. The van der Waals surface area contributed by atoms with Gasteiger partial charge in [-0.3, -0.25) is 14.8 Å². The molecular formula is C18H21F3N4O3. The Morgan fingerprint density at radius 1 is 1.25 bits per heavy atom. The minimum absolute atomic E-state index is 0.230. The summed E-state index contributed by atoms with van der Waals surface area (Å²) >= 11 is 0. The first kappa shape index (κ1) is 21.4. The average Bonchev–Trinajstić information content (AvgIpc) is 2.63. The van der Waals surface area contributed by atoms with Crippen LogP contribution in [0.15, 0.2) is 38.8 Å². The number of hydrogen-bond acceptors (Lipinski definition) is 5. The number of halogens is 3. The number of aliphatic imine (C=N–C) groups is 1. The Balaban J connectivity index is 2.42. The second-order valence-corrected chi connectivity index (χ2v) is 5.94. The molecule has 0 atom stereocenters. The summed E-state index contributed by atoms with van der Waals surface area (Å²) in [4.78, 5) is 32.3. The van der Waals surface area contributed by atoms with Gasteiger partial charge in [0.2, 0.25) is 5.88 Å². The molecule has 10 heteroatoms. The Kier molecular flexibility index (Phi) is 6.79. The van der Waals surface area contributed by atoms with E-state index in [1.165, 1.54) is 6.07 Å². The van der Waals surface area contributed by atoms with Gasteiger partial charge in [0.1, 0.15) is 5.56 Å². The van der Waals surface area contributed by atoms with Gasteiger partial charge in [-0.15, -0.1) is 0 Å². The Bertz CT molecular complexity index is 960. The number of benzene rings is 1. The Morgan fingerprint density at radius 3 is 2.54 bits per heavy atom. The molecule has 152 valence electrons. The highest BCUT2D eigenvalue weighted by molar-refractivity contribution is 5.82. The zero-order chi connectivity index (χ0) is 20.9. The molecule has 0 radical (unpaired) electrons. The SMILES string of the molecule is CCN(CC)CCN=Cc1c(O)n(-c2cccc(C(F)(F)F)c2)c(=O)[nH]c1=O. The molecule has 0 bridgehead atoms. The predicted molar refractivity (Wildman–Crippen MR) is 99.6 cm³/mol. The van der Waals surface area contributed by atoms with Gasteiger partial charge in [0.15, 0.2) is 0 Å². The topological polar surface area (TPSA) is 90.7 Å². The monoisotopic (exact) mass is 398 g/mol. The minimum Gasteiger partial charge on any atom is -0.493 e. The van der Waals surface area contributed by atoms with Gasteiger partial charge in [-0.1, -0.05) is 19.9 Å². The third-order valence-electron chi connectivity index (χ3n) is 4.21. The third-order valence-corrected chi connectivity index (χ3v) is 4.21. The molecule has 0 aliphatic rings. The van der Waals surface area contributed by atoms with Crippen LogP contribution in [0.2, 0.25) is 0 Å². The highest BCUT2D eigenvalue weighted by atomic mass is 19.4. The van der Waals surface area contributed by atoms with Gasteiger partial charge in [0, 0.05) is 12.8 Å². The standard InChI is InChI=1S/C18H21F3N4O3/c1-3-24(4-2)9-8-22-11-14-15(26)23-17(28)25(16(14)27)13-7-5-6-12(10-13)18(19,20)21/h5-7,10-11,27H,3-4,8-9H2,1-2H3,(H,23,26,28). The summed E-state index contributed by atoms with van der Waals surface area (Å²) in [5.41, 5.74) is -3.46. The van der Waals surface area contributed by atoms with Gasteiger partial charge < -0.3 is 10.0 Å². The van der Waals surface area contributed by atoms with Gasteiger partial charge in [-0.2, -0.15) is 13.2 Å². The number of rotatable bonds is 7. The molecule has 0 saturated carbocycles.